The first kappa shape index (κ1) is 25.7. The molecule has 0 aromatic heterocycles. The quantitative estimate of drug-likeness (QED) is 0.514. The van der Waals surface area contributed by atoms with Crippen LogP contribution in [0, 0.1) is 11.8 Å². The molecule has 0 aromatic carbocycles. The fourth-order valence-corrected chi connectivity index (χ4v) is 19.3. The van der Waals surface area contributed by atoms with E-state index in [4.69, 9.17) is 0 Å². The van der Waals surface area contributed by atoms with E-state index in [0.717, 1.165) is 8.45 Å². The second-order valence-corrected chi connectivity index (χ2v) is 21.3. The Bertz CT molecular complexity index is 920. The van der Waals surface area contributed by atoms with Crippen molar-refractivity contribution in [3.05, 3.63) is 94.2 Å². The second kappa shape index (κ2) is 10.4. The van der Waals surface area contributed by atoms with Crippen molar-refractivity contribution >= 4 is 6.19 Å². The van der Waals surface area contributed by atoms with Gasteiger partial charge in [0, 0.05) is 0 Å². The molecular formula is C26H32Cl2SiTi. The summed E-state index contributed by atoms with van der Waals surface area (Å²) < 4.78 is 1.44. The molecule has 0 nitrogen and oxygen atoms in total. The van der Waals surface area contributed by atoms with E-state index in [9.17, 15) is 0 Å². The Morgan fingerprint density at radius 1 is 0.667 bits per heavy atom. The zero-order valence-electron chi connectivity index (χ0n) is 18.8. The summed E-state index contributed by atoms with van der Waals surface area (Å²) in [5.74, 6) is 1.07. The van der Waals surface area contributed by atoms with Gasteiger partial charge in [0.25, 0.3) is 0 Å². The van der Waals surface area contributed by atoms with Crippen molar-refractivity contribution in [2.45, 2.75) is 49.2 Å². The van der Waals surface area contributed by atoms with Crippen LogP contribution in [-0.4, -0.2) is 6.19 Å². The van der Waals surface area contributed by atoms with E-state index in [1.165, 1.54) is 0 Å². The molecule has 0 saturated carbocycles. The summed E-state index contributed by atoms with van der Waals surface area (Å²) >= 11 is -1.48. The minimum absolute atomic E-state index is 0. The fraction of sp³-hybridized carbons (Fsp3) is 0.385. The van der Waals surface area contributed by atoms with Gasteiger partial charge in [0.05, 0.1) is 0 Å². The zero-order valence-corrected chi connectivity index (χ0v) is 22.9. The first-order valence-electron chi connectivity index (χ1n) is 10.6. The van der Waals surface area contributed by atoms with Crippen LogP contribution >= 0.6 is 0 Å². The number of halogens is 2. The van der Waals surface area contributed by atoms with Crippen molar-refractivity contribution in [1.82, 2.24) is 0 Å². The Kier molecular flexibility index (Phi) is 8.88. The Morgan fingerprint density at radius 2 is 1.07 bits per heavy atom. The number of allylic oxidation sites excluding steroid dienone is 16. The largest absolute Gasteiger partial charge is 1.00 e. The molecule has 0 aliphatic heterocycles. The van der Waals surface area contributed by atoms with Gasteiger partial charge in [-0.15, -0.1) is 0 Å². The summed E-state index contributed by atoms with van der Waals surface area (Å²) in [4.78, 5) is 0. The first-order valence-corrected chi connectivity index (χ1v) is 17.3. The van der Waals surface area contributed by atoms with Gasteiger partial charge >= 0.3 is 178 Å². The second-order valence-electron chi connectivity index (χ2n) is 8.98. The van der Waals surface area contributed by atoms with Gasteiger partial charge < -0.3 is 24.8 Å². The molecule has 4 unspecified atom stereocenters. The molecule has 4 rings (SSSR count). The van der Waals surface area contributed by atoms with Crippen molar-refractivity contribution in [2.75, 3.05) is 0 Å². The molecule has 0 radical (unpaired) electrons. The minimum Gasteiger partial charge on any atom is -1.00 e. The maximum Gasteiger partial charge on any atom is -1.00 e. The molecule has 4 aliphatic rings. The van der Waals surface area contributed by atoms with E-state index in [1.807, 2.05) is 0 Å². The van der Waals surface area contributed by atoms with Gasteiger partial charge in [-0.05, 0) is 0 Å². The van der Waals surface area contributed by atoms with E-state index in [1.54, 1.807) is 33.4 Å². The normalized spacial score (nSPS) is 28.4. The summed E-state index contributed by atoms with van der Waals surface area (Å²) in [5, 5.41) is 0. The topological polar surface area (TPSA) is 0 Å². The summed E-state index contributed by atoms with van der Waals surface area (Å²) in [6, 6.07) is 0. The predicted octanol–water partition coefficient (Wildman–Crippen LogP) is 1.48. The van der Waals surface area contributed by atoms with Crippen LogP contribution in [0.4, 0.5) is 0 Å². The fourth-order valence-electron chi connectivity index (χ4n) is 5.38. The van der Waals surface area contributed by atoms with Gasteiger partial charge in [0.2, 0.25) is 0 Å². The maximum absolute atomic E-state index is 2.60. The Balaban J connectivity index is 0.00000160. The average molecular weight is 491 g/mol. The molecular weight excluding hydrogens is 459 g/mol. The molecule has 0 fully saturated rings. The Morgan fingerprint density at radius 3 is 1.43 bits per heavy atom. The molecule has 0 N–H and O–H groups in total. The summed E-state index contributed by atoms with van der Waals surface area (Å²) in [6.45, 7) is 14.7. The average Bonchev–Trinajstić information content (AvgIpc) is 2.99. The van der Waals surface area contributed by atoms with Crippen LogP contribution in [0.3, 0.4) is 0 Å². The van der Waals surface area contributed by atoms with E-state index in [2.05, 4.69) is 102 Å². The number of hydrogen-bond acceptors (Lipinski definition) is 0. The van der Waals surface area contributed by atoms with E-state index < -0.39 is 16.6 Å². The zero-order chi connectivity index (χ0) is 20.0. The molecule has 0 saturated heterocycles. The van der Waals surface area contributed by atoms with Gasteiger partial charge in [-0.2, -0.15) is 0 Å². The van der Waals surface area contributed by atoms with Crippen LogP contribution in [-0.2, 0) is 16.6 Å². The number of rotatable bonds is 2. The van der Waals surface area contributed by atoms with Crippen molar-refractivity contribution in [3.63, 3.8) is 0 Å². The van der Waals surface area contributed by atoms with E-state index in [-0.39, 0.29) is 31.0 Å². The first-order chi connectivity index (χ1) is 13.4. The van der Waals surface area contributed by atoms with Gasteiger partial charge in [0.15, 0.2) is 0 Å². The van der Waals surface area contributed by atoms with Crippen LogP contribution in [0.15, 0.2) is 94.2 Å². The molecule has 158 valence electrons. The van der Waals surface area contributed by atoms with Gasteiger partial charge in [0.1, 0.15) is 0 Å². The standard InChI is InChI=1S/2C12H13.C2H6Si.2ClH.Ti/c2*1-9-7-11-6-4-3-5-10(2)12(11)8-9;1-3-2;;;/h2*3-8,10H,1-2H3;1-2H3;2*1H;/q;;;;;+2/p-2. The van der Waals surface area contributed by atoms with Gasteiger partial charge in [-0.1, -0.05) is 0 Å². The minimum atomic E-state index is -1.48. The molecule has 4 atom stereocenters. The van der Waals surface area contributed by atoms with Crippen molar-refractivity contribution in [3.8, 4) is 0 Å². The van der Waals surface area contributed by atoms with Crippen LogP contribution in [0.2, 0.25) is 21.5 Å². The molecule has 4 aliphatic carbocycles. The Labute approximate surface area is 201 Å². The third-order valence-corrected chi connectivity index (χ3v) is 20.0. The molecule has 0 spiro atoms. The maximum atomic E-state index is 2.60. The summed E-state index contributed by atoms with van der Waals surface area (Å²) in [5.41, 5.74) is 9.76. The monoisotopic (exact) mass is 490 g/mol. The predicted molar refractivity (Wildman–Crippen MR) is 121 cm³/mol. The van der Waals surface area contributed by atoms with Crippen LogP contribution in [0.25, 0.3) is 0 Å². The molecule has 0 bridgehead atoms. The van der Waals surface area contributed by atoms with Crippen molar-refractivity contribution in [1.29, 1.82) is 0 Å². The summed E-state index contributed by atoms with van der Waals surface area (Å²) in [6.07, 6.45) is 23.4. The Hall–Kier alpha value is -0.569. The SMILES string of the molecule is CC1=CC2=C(C=CC=CC2C)[CH]1[Ti+2]([CH]1C(C)=CC2=C1C=CC=CC2C)=[Si](C)C.[Cl-].[Cl-]. The van der Waals surface area contributed by atoms with Crippen LogP contribution in [0.5, 0.6) is 0 Å². The molecule has 0 aromatic rings. The van der Waals surface area contributed by atoms with Gasteiger partial charge in [-0.25, -0.2) is 0 Å². The van der Waals surface area contributed by atoms with Crippen molar-refractivity contribution in [2.24, 2.45) is 11.8 Å². The van der Waals surface area contributed by atoms with Crippen LogP contribution in [0.1, 0.15) is 27.7 Å². The van der Waals surface area contributed by atoms with Crippen LogP contribution < -0.4 is 24.8 Å². The molecule has 0 amide bonds. The number of hydrogen-bond donors (Lipinski definition) is 0. The smallest absolute Gasteiger partial charge is 1.00 e. The van der Waals surface area contributed by atoms with E-state index >= 15 is 0 Å². The van der Waals surface area contributed by atoms with E-state index in [0.29, 0.717) is 11.8 Å². The summed E-state index contributed by atoms with van der Waals surface area (Å²) in [7, 11) is 0. The van der Waals surface area contributed by atoms with Gasteiger partial charge in [-0.3, -0.25) is 0 Å². The van der Waals surface area contributed by atoms with Crippen molar-refractivity contribution < 1.29 is 41.4 Å². The molecule has 0 heterocycles. The third kappa shape index (κ3) is 4.48. The molecule has 30 heavy (non-hydrogen) atoms. The third-order valence-electron chi connectivity index (χ3n) is 6.72. The molecule has 4 heteroatoms.